The standard InChI is InChI=1S/C18H26N4S/c1-13-9-14(2)11-15(10-13)20-17(23)21-16(18(3,4)5)12-22-8-6-7-19-22/h6-11,16H,12H2,1-5H3,(H2,20,21,23). The van der Waals surface area contributed by atoms with E-state index in [0.29, 0.717) is 5.11 Å². The van der Waals surface area contributed by atoms with Crippen molar-refractivity contribution < 1.29 is 0 Å². The molecule has 2 N–H and O–H groups in total. The highest BCUT2D eigenvalue weighted by Crippen LogP contribution is 2.21. The van der Waals surface area contributed by atoms with Crippen molar-refractivity contribution >= 4 is 23.0 Å². The average Bonchev–Trinajstić information content (AvgIpc) is 2.88. The Morgan fingerprint density at radius 2 is 1.87 bits per heavy atom. The summed E-state index contributed by atoms with van der Waals surface area (Å²) in [5.41, 5.74) is 3.52. The topological polar surface area (TPSA) is 41.9 Å². The molecule has 4 nitrogen and oxygen atoms in total. The van der Waals surface area contributed by atoms with Crippen LogP contribution in [0.1, 0.15) is 31.9 Å². The van der Waals surface area contributed by atoms with Gasteiger partial charge in [0.15, 0.2) is 5.11 Å². The lowest BCUT2D eigenvalue weighted by atomic mass is 9.87. The molecule has 0 spiro atoms. The van der Waals surface area contributed by atoms with Gasteiger partial charge in [0, 0.05) is 18.1 Å². The van der Waals surface area contributed by atoms with Gasteiger partial charge in [-0.25, -0.2) is 0 Å². The Balaban J connectivity index is 2.05. The zero-order chi connectivity index (χ0) is 17.0. The zero-order valence-electron chi connectivity index (χ0n) is 14.6. The SMILES string of the molecule is Cc1cc(C)cc(NC(=S)NC(Cn2cccn2)C(C)(C)C)c1. The molecule has 2 aromatic rings. The fraction of sp³-hybridized carbons (Fsp3) is 0.444. The maximum absolute atomic E-state index is 5.51. The molecule has 5 heteroatoms. The molecule has 1 unspecified atom stereocenters. The summed E-state index contributed by atoms with van der Waals surface area (Å²) in [6.45, 7) is 11.6. The molecular formula is C18H26N4S. The van der Waals surface area contributed by atoms with Crippen LogP contribution in [-0.2, 0) is 6.54 Å². The molecular weight excluding hydrogens is 304 g/mol. The fourth-order valence-corrected chi connectivity index (χ4v) is 2.76. The summed E-state index contributed by atoms with van der Waals surface area (Å²) in [5, 5.41) is 11.7. The molecule has 0 aliphatic carbocycles. The lowest BCUT2D eigenvalue weighted by molar-refractivity contribution is 0.262. The monoisotopic (exact) mass is 330 g/mol. The molecule has 0 aliphatic rings. The van der Waals surface area contributed by atoms with Crippen LogP contribution in [-0.4, -0.2) is 20.9 Å². The van der Waals surface area contributed by atoms with Crippen LogP contribution in [0.15, 0.2) is 36.7 Å². The van der Waals surface area contributed by atoms with Crippen LogP contribution in [0, 0.1) is 19.3 Å². The first kappa shape index (κ1) is 17.5. The third kappa shape index (κ3) is 5.36. The molecule has 0 fully saturated rings. The number of nitrogens with zero attached hydrogens (tertiary/aromatic N) is 2. The van der Waals surface area contributed by atoms with Crippen LogP contribution in [0.2, 0.25) is 0 Å². The zero-order valence-corrected chi connectivity index (χ0v) is 15.4. The Labute approximate surface area is 144 Å². The molecule has 0 saturated heterocycles. The Hall–Kier alpha value is -1.88. The van der Waals surface area contributed by atoms with Crippen molar-refractivity contribution in [3.8, 4) is 0 Å². The van der Waals surface area contributed by atoms with Crippen LogP contribution < -0.4 is 10.6 Å². The molecule has 124 valence electrons. The third-order valence-electron chi connectivity index (χ3n) is 3.76. The minimum Gasteiger partial charge on any atom is -0.357 e. The van der Waals surface area contributed by atoms with Crippen molar-refractivity contribution in [2.24, 2.45) is 5.41 Å². The van der Waals surface area contributed by atoms with E-state index in [9.17, 15) is 0 Å². The van der Waals surface area contributed by atoms with Gasteiger partial charge >= 0.3 is 0 Å². The summed E-state index contributed by atoms with van der Waals surface area (Å²) >= 11 is 5.51. The van der Waals surface area contributed by atoms with Crippen LogP contribution in [0.4, 0.5) is 5.69 Å². The molecule has 0 aliphatic heterocycles. The number of aryl methyl sites for hydroxylation is 2. The van der Waals surface area contributed by atoms with Gasteiger partial charge in [-0.05, 0) is 60.8 Å². The predicted octanol–water partition coefficient (Wildman–Crippen LogP) is 3.90. The van der Waals surface area contributed by atoms with Crippen LogP contribution in [0.3, 0.4) is 0 Å². The summed E-state index contributed by atoms with van der Waals surface area (Å²) in [4.78, 5) is 0. The van der Waals surface area contributed by atoms with E-state index in [4.69, 9.17) is 12.2 Å². The van der Waals surface area contributed by atoms with Crippen molar-refractivity contribution in [1.29, 1.82) is 0 Å². The number of hydrogen-bond acceptors (Lipinski definition) is 2. The van der Waals surface area contributed by atoms with Gasteiger partial charge in [-0.1, -0.05) is 26.8 Å². The summed E-state index contributed by atoms with van der Waals surface area (Å²) in [7, 11) is 0. The van der Waals surface area contributed by atoms with E-state index in [1.54, 1.807) is 6.20 Å². The number of rotatable bonds is 4. The lowest BCUT2D eigenvalue weighted by Gasteiger charge is -2.32. The molecule has 1 aromatic heterocycles. The van der Waals surface area contributed by atoms with Crippen molar-refractivity contribution in [1.82, 2.24) is 15.1 Å². The van der Waals surface area contributed by atoms with Gasteiger partial charge in [0.25, 0.3) is 0 Å². The second kappa shape index (κ2) is 7.13. The molecule has 1 atom stereocenters. The molecule has 0 bridgehead atoms. The number of nitrogens with one attached hydrogen (secondary N) is 2. The normalized spacial score (nSPS) is 12.7. The summed E-state index contributed by atoms with van der Waals surface area (Å²) in [6, 6.07) is 8.46. The Kier molecular flexibility index (Phi) is 5.42. The van der Waals surface area contributed by atoms with Crippen LogP contribution >= 0.6 is 12.2 Å². The molecule has 1 heterocycles. The van der Waals surface area contributed by atoms with Gasteiger partial charge in [0.1, 0.15) is 0 Å². The van der Waals surface area contributed by atoms with Gasteiger partial charge in [0.2, 0.25) is 0 Å². The highest BCUT2D eigenvalue weighted by molar-refractivity contribution is 7.80. The number of thiocarbonyl (C=S) groups is 1. The highest BCUT2D eigenvalue weighted by Gasteiger charge is 2.26. The number of anilines is 1. The van der Waals surface area contributed by atoms with Crippen molar-refractivity contribution in [2.75, 3.05) is 5.32 Å². The smallest absolute Gasteiger partial charge is 0.171 e. The molecule has 0 radical (unpaired) electrons. The van der Waals surface area contributed by atoms with E-state index in [0.717, 1.165) is 12.2 Å². The van der Waals surface area contributed by atoms with Gasteiger partial charge < -0.3 is 10.6 Å². The van der Waals surface area contributed by atoms with E-state index < -0.39 is 0 Å². The minimum atomic E-state index is 0.0558. The number of hydrogen-bond donors (Lipinski definition) is 2. The Morgan fingerprint density at radius 1 is 1.22 bits per heavy atom. The van der Waals surface area contributed by atoms with E-state index in [2.05, 4.69) is 68.6 Å². The van der Waals surface area contributed by atoms with Crippen molar-refractivity contribution in [2.45, 2.75) is 47.2 Å². The second-order valence-electron chi connectivity index (χ2n) is 7.12. The van der Waals surface area contributed by atoms with Crippen molar-refractivity contribution in [3.05, 3.63) is 47.8 Å². The Bertz CT molecular complexity index is 636. The largest absolute Gasteiger partial charge is 0.357 e. The molecule has 0 saturated carbocycles. The average molecular weight is 331 g/mol. The van der Waals surface area contributed by atoms with Gasteiger partial charge in [-0.2, -0.15) is 5.10 Å². The van der Waals surface area contributed by atoms with E-state index in [-0.39, 0.29) is 11.5 Å². The molecule has 2 rings (SSSR count). The summed E-state index contributed by atoms with van der Waals surface area (Å²) in [5.74, 6) is 0. The first-order valence-corrected chi connectivity index (χ1v) is 8.28. The van der Waals surface area contributed by atoms with E-state index in [1.165, 1.54) is 11.1 Å². The number of benzene rings is 1. The van der Waals surface area contributed by atoms with Crippen molar-refractivity contribution in [3.63, 3.8) is 0 Å². The quantitative estimate of drug-likeness (QED) is 0.834. The minimum absolute atomic E-state index is 0.0558. The van der Waals surface area contributed by atoms with E-state index in [1.807, 2.05) is 16.9 Å². The highest BCUT2D eigenvalue weighted by atomic mass is 32.1. The van der Waals surface area contributed by atoms with Gasteiger partial charge in [0.05, 0.1) is 12.6 Å². The number of aromatic nitrogens is 2. The maximum atomic E-state index is 5.51. The first-order chi connectivity index (χ1) is 10.7. The predicted molar refractivity (Wildman–Crippen MR) is 101 cm³/mol. The first-order valence-electron chi connectivity index (χ1n) is 7.87. The van der Waals surface area contributed by atoms with Gasteiger partial charge in [-0.15, -0.1) is 0 Å². The molecule has 1 aromatic carbocycles. The maximum Gasteiger partial charge on any atom is 0.171 e. The summed E-state index contributed by atoms with van der Waals surface area (Å²) < 4.78 is 1.93. The fourth-order valence-electron chi connectivity index (χ4n) is 2.50. The Morgan fingerprint density at radius 3 is 2.39 bits per heavy atom. The van der Waals surface area contributed by atoms with E-state index >= 15 is 0 Å². The summed E-state index contributed by atoms with van der Waals surface area (Å²) in [6.07, 6.45) is 3.77. The van der Waals surface area contributed by atoms with Gasteiger partial charge in [-0.3, -0.25) is 4.68 Å². The lowest BCUT2D eigenvalue weighted by Crippen LogP contribution is -2.48. The third-order valence-corrected chi connectivity index (χ3v) is 3.98. The molecule has 23 heavy (non-hydrogen) atoms. The van der Waals surface area contributed by atoms with Crippen LogP contribution in [0.5, 0.6) is 0 Å². The van der Waals surface area contributed by atoms with Crippen LogP contribution in [0.25, 0.3) is 0 Å². The second-order valence-corrected chi connectivity index (χ2v) is 7.53. The molecule has 0 amide bonds.